The van der Waals surface area contributed by atoms with Crippen molar-refractivity contribution in [3.05, 3.63) is 35.4 Å². The molecule has 114 valence electrons. The highest BCUT2D eigenvalue weighted by Gasteiger charge is 2.46. The molecule has 1 fully saturated rings. The van der Waals surface area contributed by atoms with Gasteiger partial charge in [0.1, 0.15) is 11.6 Å². The first-order valence-electron chi connectivity index (χ1n) is 6.79. The van der Waals surface area contributed by atoms with Crippen LogP contribution in [0.3, 0.4) is 0 Å². The van der Waals surface area contributed by atoms with Crippen LogP contribution in [0.2, 0.25) is 0 Å². The quantitative estimate of drug-likeness (QED) is 0.929. The average Bonchev–Trinajstić information content (AvgIpc) is 2.67. The van der Waals surface area contributed by atoms with E-state index in [1.165, 1.54) is 11.0 Å². The standard InChI is InChI=1S/C15H17F2NO3/c1-8(2)7-18-12(19)6-9(15(20)21)14(18)13-10(16)4-3-5-11(13)17/h3-5,8-9,14H,6-7H2,1-2H3,(H,20,21). The summed E-state index contributed by atoms with van der Waals surface area (Å²) in [6.07, 6.45) is -0.236. The highest BCUT2D eigenvalue weighted by atomic mass is 19.1. The molecule has 0 aromatic heterocycles. The number of hydrogen-bond acceptors (Lipinski definition) is 2. The Morgan fingerprint density at radius 3 is 2.43 bits per heavy atom. The minimum atomic E-state index is -1.22. The second kappa shape index (κ2) is 5.79. The Morgan fingerprint density at radius 2 is 1.95 bits per heavy atom. The van der Waals surface area contributed by atoms with Gasteiger partial charge in [-0.15, -0.1) is 0 Å². The molecule has 2 rings (SSSR count). The number of carboxylic acid groups (broad SMARTS) is 1. The van der Waals surface area contributed by atoms with Gasteiger partial charge in [-0.25, -0.2) is 8.78 Å². The summed E-state index contributed by atoms with van der Waals surface area (Å²) in [7, 11) is 0. The second-order valence-corrected chi connectivity index (χ2v) is 5.67. The molecule has 6 heteroatoms. The summed E-state index contributed by atoms with van der Waals surface area (Å²) < 4.78 is 28.0. The number of halogens is 2. The van der Waals surface area contributed by atoms with E-state index < -0.39 is 29.6 Å². The number of carbonyl (C=O) groups excluding carboxylic acids is 1. The van der Waals surface area contributed by atoms with Gasteiger partial charge in [0.05, 0.1) is 12.0 Å². The van der Waals surface area contributed by atoms with Gasteiger partial charge < -0.3 is 10.0 Å². The zero-order valence-corrected chi connectivity index (χ0v) is 11.8. The predicted octanol–water partition coefficient (Wildman–Crippen LogP) is 2.60. The Balaban J connectivity index is 2.52. The van der Waals surface area contributed by atoms with Gasteiger partial charge in [0.2, 0.25) is 5.91 Å². The Bertz CT molecular complexity index is 554. The number of hydrogen-bond donors (Lipinski definition) is 1. The van der Waals surface area contributed by atoms with Gasteiger partial charge in [-0.3, -0.25) is 9.59 Å². The molecular formula is C15H17F2NO3. The predicted molar refractivity (Wildman–Crippen MR) is 71.4 cm³/mol. The molecule has 0 radical (unpaired) electrons. The van der Waals surface area contributed by atoms with E-state index in [2.05, 4.69) is 0 Å². The number of carboxylic acids is 1. The summed E-state index contributed by atoms with van der Waals surface area (Å²) in [6.45, 7) is 3.98. The molecule has 0 aliphatic carbocycles. The van der Waals surface area contributed by atoms with Crippen molar-refractivity contribution in [1.82, 2.24) is 4.90 Å². The fourth-order valence-electron chi connectivity index (χ4n) is 2.77. The van der Waals surface area contributed by atoms with E-state index >= 15 is 0 Å². The molecule has 0 bridgehead atoms. The van der Waals surface area contributed by atoms with Crippen molar-refractivity contribution < 1.29 is 23.5 Å². The first kappa shape index (κ1) is 15.4. The van der Waals surface area contributed by atoms with Gasteiger partial charge >= 0.3 is 5.97 Å². The van der Waals surface area contributed by atoms with Crippen molar-refractivity contribution in [3.63, 3.8) is 0 Å². The zero-order valence-electron chi connectivity index (χ0n) is 11.8. The van der Waals surface area contributed by atoms with Gasteiger partial charge in [0.15, 0.2) is 0 Å². The number of carbonyl (C=O) groups is 2. The van der Waals surface area contributed by atoms with E-state index in [0.717, 1.165) is 12.1 Å². The van der Waals surface area contributed by atoms with Crippen LogP contribution in [0.15, 0.2) is 18.2 Å². The van der Waals surface area contributed by atoms with Crippen LogP contribution in [0.4, 0.5) is 8.78 Å². The second-order valence-electron chi connectivity index (χ2n) is 5.67. The van der Waals surface area contributed by atoms with Crippen molar-refractivity contribution in [2.75, 3.05) is 6.54 Å². The van der Waals surface area contributed by atoms with Gasteiger partial charge in [-0.2, -0.15) is 0 Å². The topological polar surface area (TPSA) is 57.6 Å². The molecule has 1 amide bonds. The molecule has 0 spiro atoms. The van der Waals surface area contributed by atoms with Crippen LogP contribution in [-0.4, -0.2) is 28.4 Å². The van der Waals surface area contributed by atoms with Gasteiger partial charge in [0.25, 0.3) is 0 Å². The SMILES string of the molecule is CC(C)CN1C(=O)CC(C(=O)O)C1c1c(F)cccc1F. The van der Waals surface area contributed by atoms with E-state index in [1.807, 2.05) is 13.8 Å². The molecule has 2 unspecified atom stereocenters. The molecule has 21 heavy (non-hydrogen) atoms. The summed E-state index contributed by atoms with van der Waals surface area (Å²) in [4.78, 5) is 24.7. The summed E-state index contributed by atoms with van der Waals surface area (Å²) >= 11 is 0. The molecular weight excluding hydrogens is 280 g/mol. The van der Waals surface area contributed by atoms with Crippen molar-refractivity contribution in [3.8, 4) is 0 Å². The number of benzene rings is 1. The van der Waals surface area contributed by atoms with E-state index in [0.29, 0.717) is 0 Å². The van der Waals surface area contributed by atoms with E-state index in [4.69, 9.17) is 0 Å². The Labute approximate surface area is 121 Å². The maximum Gasteiger partial charge on any atom is 0.309 e. The molecule has 1 aliphatic rings. The van der Waals surface area contributed by atoms with E-state index in [1.54, 1.807) is 0 Å². The highest BCUT2D eigenvalue weighted by molar-refractivity contribution is 5.87. The Morgan fingerprint density at radius 1 is 1.38 bits per heavy atom. The summed E-state index contributed by atoms with van der Waals surface area (Å²) in [5, 5.41) is 9.27. The van der Waals surface area contributed by atoms with Crippen LogP contribution < -0.4 is 0 Å². The molecule has 1 N–H and O–H groups in total. The maximum absolute atomic E-state index is 14.0. The minimum Gasteiger partial charge on any atom is -0.481 e. The lowest BCUT2D eigenvalue weighted by molar-refractivity contribution is -0.142. The molecule has 2 atom stereocenters. The lowest BCUT2D eigenvalue weighted by Gasteiger charge is -2.29. The highest BCUT2D eigenvalue weighted by Crippen LogP contribution is 2.40. The van der Waals surface area contributed by atoms with Crippen LogP contribution in [0.5, 0.6) is 0 Å². The lowest BCUT2D eigenvalue weighted by atomic mass is 9.92. The summed E-state index contributed by atoms with van der Waals surface area (Å²) in [5.74, 6) is -4.32. The number of rotatable bonds is 4. The van der Waals surface area contributed by atoms with Crippen LogP contribution in [0, 0.1) is 23.5 Å². The Hall–Kier alpha value is -1.98. The zero-order chi connectivity index (χ0) is 15.7. The van der Waals surface area contributed by atoms with E-state index in [9.17, 15) is 23.5 Å². The number of aliphatic carboxylic acids is 1. The normalized spacial score (nSPS) is 22.1. The van der Waals surface area contributed by atoms with Gasteiger partial charge in [-0.1, -0.05) is 19.9 Å². The fourth-order valence-corrected chi connectivity index (χ4v) is 2.77. The number of amides is 1. The van der Waals surface area contributed by atoms with Crippen LogP contribution in [0.1, 0.15) is 31.9 Å². The van der Waals surface area contributed by atoms with Crippen LogP contribution in [0.25, 0.3) is 0 Å². The fraction of sp³-hybridized carbons (Fsp3) is 0.467. The average molecular weight is 297 g/mol. The smallest absolute Gasteiger partial charge is 0.309 e. The number of nitrogens with zero attached hydrogens (tertiary/aromatic N) is 1. The number of likely N-dealkylation sites (tertiary alicyclic amines) is 1. The molecule has 1 saturated heterocycles. The van der Waals surface area contributed by atoms with Crippen molar-refractivity contribution in [2.24, 2.45) is 11.8 Å². The molecule has 4 nitrogen and oxygen atoms in total. The summed E-state index contributed by atoms with van der Waals surface area (Å²) in [5.41, 5.74) is -0.337. The largest absolute Gasteiger partial charge is 0.481 e. The van der Waals surface area contributed by atoms with Crippen molar-refractivity contribution in [1.29, 1.82) is 0 Å². The van der Waals surface area contributed by atoms with Crippen LogP contribution >= 0.6 is 0 Å². The first-order chi connectivity index (χ1) is 9.82. The third kappa shape index (κ3) is 2.89. The molecule has 1 aromatic carbocycles. The lowest BCUT2D eigenvalue weighted by Crippen LogP contribution is -2.34. The monoisotopic (exact) mass is 297 g/mol. The molecule has 1 heterocycles. The third-order valence-corrected chi connectivity index (χ3v) is 3.61. The molecule has 1 aliphatic heterocycles. The van der Waals surface area contributed by atoms with Crippen LogP contribution in [-0.2, 0) is 9.59 Å². The van der Waals surface area contributed by atoms with Crippen molar-refractivity contribution in [2.45, 2.75) is 26.3 Å². The molecule has 1 aromatic rings. The first-order valence-corrected chi connectivity index (χ1v) is 6.79. The van der Waals surface area contributed by atoms with E-state index in [-0.39, 0.29) is 30.4 Å². The Kier molecular flexibility index (Phi) is 4.25. The minimum absolute atomic E-state index is 0.0684. The van der Waals surface area contributed by atoms with Gasteiger partial charge in [0, 0.05) is 18.5 Å². The summed E-state index contributed by atoms with van der Waals surface area (Å²) in [6, 6.07) is 2.27. The maximum atomic E-state index is 14.0. The molecule has 0 saturated carbocycles. The third-order valence-electron chi connectivity index (χ3n) is 3.61. The van der Waals surface area contributed by atoms with Gasteiger partial charge in [-0.05, 0) is 18.1 Å². The van der Waals surface area contributed by atoms with Crippen molar-refractivity contribution >= 4 is 11.9 Å².